The van der Waals surface area contributed by atoms with E-state index in [9.17, 15) is 0 Å². The van der Waals surface area contributed by atoms with E-state index in [0.29, 0.717) is 0 Å². The Morgan fingerprint density at radius 3 is 1.16 bits per heavy atom. The lowest BCUT2D eigenvalue weighted by molar-refractivity contribution is 0.415. The summed E-state index contributed by atoms with van der Waals surface area (Å²) in [6.07, 6.45) is 0. The van der Waals surface area contributed by atoms with Gasteiger partial charge < -0.3 is 14.2 Å². The number of fused-ring (bicyclic) bond motifs is 2. The largest absolute Gasteiger partial charge is 0.497 e. The molecule has 0 aliphatic carbocycles. The van der Waals surface area contributed by atoms with Gasteiger partial charge in [-0.2, -0.15) is 0 Å². The molecule has 3 heteroatoms. The molecular weight excluding hydrogens is 468 g/mol. The molecule has 0 amide bonds. The lowest BCUT2D eigenvalue weighted by atomic mass is 9.85. The van der Waals surface area contributed by atoms with E-state index in [1.54, 1.807) is 21.3 Å². The fourth-order valence-corrected chi connectivity index (χ4v) is 5.28. The Morgan fingerprint density at radius 2 is 0.711 bits per heavy atom. The molecule has 186 valence electrons. The highest BCUT2D eigenvalue weighted by Crippen LogP contribution is 2.45. The Morgan fingerprint density at radius 1 is 0.342 bits per heavy atom. The maximum Gasteiger partial charge on any atom is 0.118 e. The molecule has 0 radical (unpaired) electrons. The molecule has 3 nitrogen and oxygen atoms in total. The van der Waals surface area contributed by atoms with Crippen LogP contribution < -0.4 is 14.2 Å². The minimum absolute atomic E-state index is 0.844. The second kappa shape index (κ2) is 9.95. The number of benzene rings is 6. The molecule has 6 aromatic carbocycles. The van der Waals surface area contributed by atoms with Crippen molar-refractivity contribution in [3.8, 4) is 50.6 Å². The summed E-state index contributed by atoms with van der Waals surface area (Å²) in [7, 11) is 5.09. The van der Waals surface area contributed by atoms with Crippen LogP contribution in [0.2, 0.25) is 0 Å². The van der Waals surface area contributed by atoms with Crippen LogP contribution in [0, 0.1) is 0 Å². The SMILES string of the molecule is COc1ccc(-c2ccc3c(-c4ccc(OC)cc4)c4ccccc4c(-c4ccc(OC)cc4)c3c2)cc1. The Balaban J connectivity index is 1.69. The molecular formula is C35H28O3. The molecule has 0 fully saturated rings. The monoisotopic (exact) mass is 496 g/mol. The third-order valence-electron chi connectivity index (χ3n) is 7.20. The minimum Gasteiger partial charge on any atom is -0.497 e. The Kier molecular flexibility index (Phi) is 6.19. The molecule has 0 aromatic heterocycles. The van der Waals surface area contributed by atoms with Crippen molar-refractivity contribution in [1.29, 1.82) is 0 Å². The Bertz CT molecular complexity index is 1730. The van der Waals surface area contributed by atoms with E-state index in [0.717, 1.165) is 39.5 Å². The van der Waals surface area contributed by atoms with Crippen molar-refractivity contribution >= 4 is 21.5 Å². The quantitative estimate of drug-likeness (QED) is 0.215. The lowest BCUT2D eigenvalue weighted by Gasteiger charge is -2.19. The third-order valence-corrected chi connectivity index (χ3v) is 7.20. The van der Waals surface area contributed by atoms with Crippen molar-refractivity contribution in [2.45, 2.75) is 0 Å². The van der Waals surface area contributed by atoms with E-state index in [-0.39, 0.29) is 0 Å². The van der Waals surface area contributed by atoms with Crippen molar-refractivity contribution in [3.63, 3.8) is 0 Å². The topological polar surface area (TPSA) is 27.7 Å². The molecule has 38 heavy (non-hydrogen) atoms. The maximum absolute atomic E-state index is 5.45. The predicted octanol–water partition coefficient (Wildman–Crippen LogP) is 9.02. The van der Waals surface area contributed by atoms with E-state index in [1.807, 2.05) is 36.4 Å². The summed E-state index contributed by atoms with van der Waals surface area (Å²) < 4.78 is 16.3. The third kappa shape index (κ3) is 4.12. The van der Waals surface area contributed by atoms with Gasteiger partial charge in [0.15, 0.2) is 0 Å². The van der Waals surface area contributed by atoms with Gasteiger partial charge in [0.2, 0.25) is 0 Å². The van der Waals surface area contributed by atoms with Crippen LogP contribution in [0.3, 0.4) is 0 Å². The summed E-state index contributed by atoms with van der Waals surface area (Å²) in [5.41, 5.74) is 7.05. The molecule has 6 rings (SSSR count). The smallest absolute Gasteiger partial charge is 0.118 e. The first kappa shape index (κ1) is 23.6. The summed E-state index contributed by atoms with van der Waals surface area (Å²) in [5.74, 6) is 2.54. The lowest BCUT2D eigenvalue weighted by Crippen LogP contribution is -1.92. The number of hydrogen-bond acceptors (Lipinski definition) is 3. The zero-order chi connectivity index (χ0) is 26.1. The molecule has 0 bridgehead atoms. The first-order valence-corrected chi connectivity index (χ1v) is 12.6. The molecule has 0 unspecified atom stereocenters. The van der Waals surface area contributed by atoms with Crippen LogP contribution in [0.1, 0.15) is 0 Å². The number of ether oxygens (including phenoxy) is 3. The molecule has 0 saturated carbocycles. The highest BCUT2D eigenvalue weighted by atomic mass is 16.5. The van der Waals surface area contributed by atoms with Crippen LogP contribution in [0.5, 0.6) is 17.2 Å². The predicted molar refractivity (Wildman–Crippen MR) is 157 cm³/mol. The Labute approximate surface area is 222 Å². The first-order chi connectivity index (χ1) is 18.7. The fraction of sp³-hybridized carbons (Fsp3) is 0.0857. The van der Waals surface area contributed by atoms with Crippen LogP contribution >= 0.6 is 0 Å². The average molecular weight is 497 g/mol. The highest BCUT2D eigenvalue weighted by molar-refractivity contribution is 6.21. The van der Waals surface area contributed by atoms with E-state index in [2.05, 4.69) is 78.9 Å². The summed E-state index contributed by atoms with van der Waals surface area (Å²) >= 11 is 0. The maximum atomic E-state index is 5.45. The normalized spacial score (nSPS) is 11.0. The average Bonchev–Trinajstić information content (AvgIpc) is 3.00. The van der Waals surface area contributed by atoms with Crippen molar-refractivity contribution in [2.75, 3.05) is 21.3 Å². The van der Waals surface area contributed by atoms with Gasteiger partial charge in [0.1, 0.15) is 17.2 Å². The van der Waals surface area contributed by atoms with Crippen molar-refractivity contribution in [2.24, 2.45) is 0 Å². The van der Waals surface area contributed by atoms with Crippen molar-refractivity contribution in [3.05, 3.63) is 115 Å². The molecule has 0 spiro atoms. The van der Waals surface area contributed by atoms with E-state index >= 15 is 0 Å². The van der Waals surface area contributed by atoms with E-state index < -0.39 is 0 Å². The van der Waals surface area contributed by atoms with Crippen molar-refractivity contribution < 1.29 is 14.2 Å². The second-order valence-electron chi connectivity index (χ2n) is 9.24. The van der Waals surface area contributed by atoms with Gasteiger partial charge >= 0.3 is 0 Å². The molecule has 0 atom stereocenters. The van der Waals surface area contributed by atoms with Crippen LogP contribution in [0.15, 0.2) is 115 Å². The molecule has 0 aliphatic heterocycles. The van der Waals surface area contributed by atoms with Crippen LogP contribution in [-0.4, -0.2) is 21.3 Å². The summed E-state index contributed by atoms with van der Waals surface area (Å²) in [4.78, 5) is 0. The number of hydrogen-bond donors (Lipinski definition) is 0. The Hall–Kier alpha value is -4.76. The van der Waals surface area contributed by atoms with E-state index in [1.165, 1.54) is 32.7 Å². The van der Waals surface area contributed by atoms with Gasteiger partial charge in [-0.25, -0.2) is 0 Å². The zero-order valence-electron chi connectivity index (χ0n) is 21.7. The van der Waals surface area contributed by atoms with Crippen LogP contribution in [0.4, 0.5) is 0 Å². The summed E-state index contributed by atoms with van der Waals surface area (Å²) in [5, 5.41) is 4.83. The zero-order valence-corrected chi connectivity index (χ0v) is 21.7. The van der Waals surface area contributed by atoms with Gasteiger partial charge in [-0.15, -0.1) is 0 Å². The minimum atomic E-state index is 0.844. The second-order valence-corrected chi connectivity index (χ2v) is 9.24. The van der Waals surface area contributed by atoms with Crippen LogP contribution in [0.25, 0.3) is 54.9 Å². The molecule has 0 heterocycles. The summed E-state index contributed by atoms with van der Waals surface area (Å²) in [6, 6.07) is 40.4. The first-order valence-electron chi connectivity index (χ1n) is 12.6. The van der Waals surface area contributed by atoms with Gasteiger partial charge in [-0.3, -0.25) is 0 Å². The molecule has 0 N–H and O–H groups in total. The van der Waals surface area contributed by atoms with Gasteiger partial charge in [-0.05, 0) is 97.4 Å². The van der Waals surface area contributed by atoms with Crippen LogP contribution in [-0.2, 0) is 0 Å². The fourth-order valence-electron chi connectivity index (χ4n) is 5.28. The molecule has 6 aromatic rings. The molecule has 0 aliphatic rings. The van der Waals surface area contributed by atoms with Gasteiger partial charge in [0.25, 0.3) is 0 Å². The van der Waals surface area contributed by atoms with E-state index in [4.69, 9.17) is 14.2 Å². The van der Waals surface area contributed by atoms with Gasteiger partial charge in [0.05, 0.1) is 21.3 Å². The highest BCUT2D eigenvalue weighted by Gasteiger charge is 2.17. The van der Waals surface area contributed by atoms with Gasteiger partial charge in [0, 0.05) is 0 Å². The number of rotatable bonds is 6. The summed E-state index contributed by atoms with van der Waals surface area (Å²) in [6.45, 7) is 0. The molecule has 0 saturated heterocycles. The van der Waals surface area contributed by atoms with Crippen molar-refractivity contribution in [1.82, 2.24) is 0 Å². The van der Waals surface area contributed by atoms with Gasteiger partial charge in [-0.1, -0.05) is 72.8 Å². The number of methoxy groups -OCH3 is 3. The standard InChI is InChI=1S/C35H28O3/c1-36-27-15-8-23(9-16-27)26-14-21-32-33(22-26)35(25-12-19-29(38-3)20-13-25)31-7-5-4-6-30(31)34(32)24-10-17-28(37-2)18-11-24/h4-22H,1-3H3.